The lowest BCUT2D eigenvalue weighted by atomic mass is 9.92. The molecular formula is C17H23FN4. The molecule has 0 unspecified atom stereocenters. The van der Waals surface area contributed by atoms with Gasteiger partial charge >= 0.3 is 0 Å². The van der Waals surface area contributed by atoms with Gasteiger partial charge in [-0.15, -0.1) is 0 Å². The van der Waals surface area contributed by atoms with Gasteiger partial charge in [0.25, 0.3) is 0 Å². The molecule has 1 aliphatic heterocycles. The van der Waals surface area contributed by atoms with Crippen LogP contribution in [0.5, 0.6) is 0 Å². The molecule has 1 fully saturated rings. The standard InChI is InChI=1S/C17H23FN4/c1-21-10-8-14(9-11-21)4-7-17-19-13-20-22(17)12-15-2-5-16(18)6-3-15/h2-3,5-6,13-14H,4,7-12H2,1H3. The van der Waals surface area contributed by atoms with Crippen molar-refractivity contribution < 1.29 is 4.39 Å². The molecule has 0 aliphatic carbocycles. The SMILES string of the molecule is CN1CCC(CCc2ncnn2Cc2ccc(F)cc2)CC1. The number of aromatic nitrogens is 3. The Morgan fingerprint density at radius 1 is 1.18 bits per heavy atom. The second kappa shape index (κ2) is 7.01. The summed E-state index contributed by atoms with van der Waals surface area (Å²) in [6, 6.07) is 6.59. The lowest BCUT2D eigenvalue weighted by molar-refractivity contribution is 0.211. The first kappa shape index (κ1) is 15.2. The fourth-order valence-corrected chi connectivity index (χ4v) is 3.06. The van der Waals surface area contributed by atoms with Crippen molar-refractivity contribution in [2.24, 2.45) is 5.92 Å². The lowest BCUT2D eigenvalue weighted by Crippen LogP contribution is -2.30. The molecule has 0 N–H and O–H groups in total. The topological polar surface area (TPSA) is 34.0 Å². The van der Waals surface area contributed by atoms with Crippen LogP contribution in [0.2, 0.25) is 0 Å². The third-order valence-electron chi connectivity index (χ3n) is 4.56. The molecule has 0 bridgehead atoms. The molecule has 1 aliphatic rings. The number of nitrogens with zero attached hydrogens (tertiary/aromatic N) is 4. The van der Waals surface area contributed by atoms with E-state index in [2.05, 4.69) is 22.0 Å². The summed E-state index contributed by atoms with van der Waals surface area (Å²) in [5.41, 5.74) is 1.05. The van der Waals surface area contributed by atoms with Crippen LogP contribution in [-0.4, -0.2) is 39.8 Å². The summed E-state index contributed by atoms with van der Waals surface area (Å²) in [4.78, 5) is 6.79. The first-order valence-corrected chi connectivity index (χ1v) is 8.00. The van der Waals surface area contributed by atoms with Crippen molar-refractivity contribution in [3.63, 3.8) is 0 Å². The zero-order valence-corrected chi connectivity index (χ0v) is 13.1. The third-order valence-corrected chi connectivity index (χ3v) is 4.56. The highest BCUT2D eigenvalue weighted by Crippen LogP contribution is 2.21. The number of halogens is 1. The number of hydrogen-bond acceptors (Lipinski definition) is 3. The Morgan fingerprint density at radius 2 is 1.91 bits per heavy atom. The van der Waals surface area contributed by atoms with E-state index in [4.69, 9.17) is 0 Å². The van der Waals surface area contributed by atoms with E-state index in [1.807, 2.05) is 4.68 Å². The first-order valence-electron chi connectivity index (χ1n) is 8.00. The summed E-state index contributed by atoms with van der Waals surface area (Å²) < 4.78 is 14.9. The van der Waals surface area contributed by atoms with E-state index in [1.54, 1.807) is 18.5 Å². The van der Waals surface area contributed by atoms with Gasteiger partial charge in [0.05, 0.1) is 6.54 Å². The highest BCUT2D eigenvalue weighted by Gasteiger charge is 2.17. The Hall–Kier alpha value is -1.75. The van der Waals surface area contributed by atoms with Gasteiger partial charge < -0.3 is 4.90 Å². The maximum absolute atomic E-state index is 13.0. The van der Waals surface area contributed by atoms with Crippen molar-refractivity contribution in [1.82, 2.24) is 19.7 Å². The van der Waals surface area contributed by atoms with Crippen molar-refractivity contribution in [2.75, 3.05) is 20.1 Å². The number of piperidine rings is 1. The normalized spacial score (nSPS) is 17.0. The molecule has 3 rings (SSSR count). The summed E-state index contributed by atoms with van der Waals surface area (Å²) in [7, 11) is 2.19. The van der Waals surface area contributed by atoms with Crippen LogP contribution in [0.15, 0.2) is 30.6 Å². The van der Waals surface area contributed by atoms with Crippen LogP contribution in [-0.2, 0) is 13.0 Å². The maximum atomic E-state index is 13.0. The van der Waals surface area contributed by atoms with E-state index in [0.717, 1.165) is 23.7 Å². The van der Waals surface area contributed by atoms with Gasteiger partial charge in [-0.25, -0.2) is 14.1 Å². The van der Waals surface area contributed by atoms with Gasteiger partial charge in [0, 0.05) is 6.42 Å². The molecule has 1 saturated heterocycles. The van der Waals surface area contributed by atoms with Crippen LogP contribution in [0.3, 0.4) is 0 Å². The average Bonchev–Trinajstić information content (AvgIpc) is 2.96. The molecule has 1 aromatic carbocycles. The first-order chi connectivity index (χ1) is 10.7. The molecule has 1 aromatic heterocycles. The molecule has 118 valence electrons. The Balaban J connectivity index is 1.56. The largest absolute Gasteiger partial charge is 0.306 e. The Bertz CT molecular complexity index is 585. The second-order valence-electron chi connectivity index (χ2n) is 6.25. The predicted octanol–water partition coefficient (Wildman–Crippen LogP) is 2.74. The monoisotopic (exact) mass is 302 g/mol. The Labute approximate surface area is 131 Å². The summed E-state index contributed by atoms with van der Waals surface area (Å²) in [6.45, 7) is 3.06. The Morgan fingerprint density at radius 3 is 2.64 bits per heavy atom. The average molecular weight is 302 g/mol. The van der Waals surface area contributed by atoms with Crippen LogP contribution in [0.25, 0.3) is 0 Å². The fourth-order valence-electron chi connectivity index (χ4n) is 3.06. The van der Waals surface area contributed by atoms with Gasteiger partial charge in [-0.3, -0.25) is 0 Å². The smallest absolute Gasteiger partial charge is 0.138 e. The molecule has 0 saturated carbocycles. The predicted molar refractivity (Wildman–Crippen MR) is 84.1 cm³/mol. The van der Waals surface area contributed by atoms with Crippen LogP contribution >= 0.6 is 0 Å². The second-order valence-corrected chi connectivity index (χ2v) is 6.25. The minimum absolute atomic E-state index is 0.204. The molecule has 2 heterocycles. The summed E-state index contributed by atoms with van der Waals surface area (Å²) in [6.07, 6.45) is 6.32. The lowest BCUT2D eigenvalue weighted by Gasteiger charge is -2.28. The zero-order chi connectivity index (χ0) is 15.4. The fraction of sp³-hybridized carbons (Fsp3) is 0.529. The van der Waals surface area contributed by atoms with Gasteiger partial charge in [-0.2, -0.15) is 5.10 Å². The van der Waals surface area contributed by atoms with Crippen LogP contribution in [0.4, 0.5) is 4.39 Å². The van der Waals surface area contributed by atoms with Crippen LogP contribution in [0.1, 0.15) is 30.7 Å². The molecule has 0 radical (unpaired) electrons. The summed E-state index contributed by atoms with van der Waals surface area (Å²) in [5.74, 6) is 1.63. The molecule has 2 aromatic rings. The molecular weight excluding hydrogens is 279 g/mol. The van der Waals surface area contributed by atoms with Gasteiger partial charge in [0.1, 0.15) is 18.0 Å². The highest BCUT2D eigenvalue weighted by molar-refractivity contribution is 5.16. The summed E-state index contributed by atoms with van der Waals surface area (Å²) in [5, 5.41) is 4.31. The van der Waals surface area contributed by atoms with E-state index in [9.17, 15) is 4.39 Å². The minimum Gasteiger partial charge on any atom is -0.306 e. The van der Waals surface area contributed by atoms with Crippen molar-refractivity contribution in [1.29, 1.82) is 0 Å². The van der Waals surface area contributed by atoms with Crippen molar-refractivity contribution in [2.45, 2.75) is 32.2 Å². The van der Waals surface area contributed by atoms with Gasteiger partial charge in [-0.05, 0) is 63.0 Å². The van der Waals surface area contributed by atoms with E-state index in [1.165, 1.54) is 44.5 Å². The maximum Gasteiger partial charge on any atom is 0.138 e. The number of benzene rings is 1. The molecule has 5 heteroatoms. The molecule has 4 nitrogen and oxygen atoms in total. The quantitative estimate of drug-likeness (QED) is 0.851. The number of rotatable bonds is 5. The van der Waals surface area contributed by atoms with E-state index in [0.29, 0.717) is 6.54 Å². The molecule has 0 amide bonds. The van der Waals surface area contributed by atoms with E-state index in [-0.39, 0.29) is 5.82 Å². The van der Waals surface area contributed by atoms with Crippen molar-refractivity contribution in [3.05, 3.63) is 47.8 Å². The number of aryl methyl sites for hydroxylation is 1. The number of likely N-dealkylation sites (tertiary alicyclic amines) is 1. The highest BCUT2D eigenvalue weighted by atomic mass is 19.1. The summed E-state index contributed by atoms with van der Waals surface area (Å²) >= 11 is 0. The zero-order valence-electron chi connectivity index (χ0n) is 13.1. The van der Waals surface area contributed by atoms with Gasteiger partial charge in [-0.1, -0.05) is 12.1 Å². The van der Waals surface area contributed by atoms with Crippen molar-refractivity contribution in [3.8, 4) is 0 Å². The third kappa shape index (κ3) is 3.91. The van der Waals surface area contributed by atoms with E-state index < -0.39 is 0 Å². The van der Waals surface area contributed by atoms with Crippen LogP contribution < -0.4 is 0 Å². The number of hydrogen-bond donors (Lipinski definition) is 0. The van der Waals surface area contributed by atoms with Crippen LogP contribution in [0, 0.1) is 11.7 Å². The minimum atomic E-state index is -0.204. The molecule has 0 spiro atoms. The van der Waals surface area contributed by atoms with Gasteiger partial charge in [0.2, 0.25) is 0 Å². The van der Waals surface area contributed by atoms with Gasteiger partial charge in [0.15, 0.2) is 0 Å². The molecule has 0 atom stereocenters. The Kier molecular flexibility index (Phi) is 4.83. The van der Waals surface area contributed by atoms with Crippen molar-refractivity contribution >= 4 is 0 Å². The van der Waals surface area contributed by atoms with E-state index >= 15 is 0 Å². The molecule has 22 heavy (non-hydrogen) atoms.